The van der Waals surface area contributed by atoms with Crippen LogP contribution in [-0.4, -0.2) is 47.9 Å². The number of hydrogen-bond donors (Lipinski definition) is 0. The topological polar surface area (TPSA) is 34.6 Å². The second-order valence-corrected chi connectivity index (χ2v) is 7.04. The van der Waals surface area contributed by atoms with E-state index < -0.39 is 0 Å². The van der Waals surface area contributed by atoms with Gasteiger partial charge in [-0.25, -0.2) is 0 Å². The molecule has 0 radical (unpaired) electrons. The Bertz CT molecular complexity index is 477. The third kappa shape index (κ3) is 3.50. The molecule has 3 atom stereocenters. The van der Waals surface area contributed by atoms with Crippen molar-refractivity contribution in [1.82, 2.24) is 9.88 Å². The lowest BCUT2D eigenvalue weighted by Crippen LogP contribution is -2.43. The highest BCUT2D eigenvalue weighted by Gasteiger charge is 2.39. The Labute approximate surface area is 132 Å². The molecule has 4 rings (SSSR count). The quantitative estimate of drug-likeness (QED) is 0.809. The lowest BCUT2D eigenvalue weighted by molar-refractivity contribution is -0.101. The summed E-state index contributed by atoms with van der Waals surface area (Å²) in [6, 6.07) is 4.82. The standard InChI is InChI=1S/C18H26N2O2/c1-2-15(1)12-21-13-16-3-4-17-18(22-16)7-10-20(17)11-14-5-8-19-9-6-14/h5-6,8-9,15-18H,1-4,7,10-13H2/t16-,17-,18-/m0/s1. The summed E-state index contributed by atoms with van der Waals surface area (Å²) in [6.45, 7) is 3.91. The number of fused-ring (bicyclic) bond motifs is 1. The van der Waals surface area contributed by atoms with Gasteiger partial charge in [0.25, 0.3) is 0 Å². The molecular weight excluding hydrogens is 276 g/mol. The fraction of sp³-hybridized carbons (Fsp3) is 0.722. The average molecular weight is 302 g/mol. The molecule has 3 aliphatic rings. The molecule has 1 aromatic rings. The molecule has 22 heavy (non-hydrogen) atoms. The van der Waals surface area contributed by atoms with Gasteiger partial charge in [-0.3, -0.25) is 9.88 Å². The summed E-state index contributed by atoms with van der Waals surface area (Å²) < 4.78 is 12.1. The largest absolute Gasteiger partial charge is 0.378 e. The summed E-state index contributed by atoms with van der Waals surface area (Å²) in [4.78, 5) is 6.68. The fourth-order valence-corrected chi connectivity index (χ4v) is 3.78. The number of ether oxygens (including phenoxy) is 2. The number of hydrogen-bond acceptors (Lipinski definition) is 4. The third-order valence-corrected chi connectivity index (χ3v) is 5.24. The number of pyridine rings is 1. The normalized spacial score (nSPS) is 32.1. The van der Waals surface area contributed by atoms with Crippen molar-refractivity contribution in [3.8, 4) is 0 Å². The van der Waals surface area contributed by atoms with Crippen LogP contribution in [0.15, 0.2) is 24.5 Å². The van der Waals surface area contributed by atoms with Gasteiger partial charge in [0, 0.05) is 38.1 Å². The Morgan fingerprint density at radius 3 is 2.77 bits per heavy atom. The minimum absolute atomic E-state index is 0.320. The molecule has 4 heteroatoms. The van der Waals surface area contributed by atoms with Gasteiger partial charge in [-0.2, -0.15) is 0 Å². The molecule has 120 valence electrons. The maximum absolute atomic E-state index is 6.30. The highest BCUT2D eigenvalue weighted by molar-refractivity contribution is 5.10. The van der Waals surface area contributed by atoms with Crippen LogP contribution in [0.2, 0.25) is 0 Å². The van der Waals surface area contributed by atoms with Crippen LogP contribution in [-0.2, 0) is 16.0 Å². The van der Waals surface area contributed by atoms with E-state index in [1.54, 1.807) is 0 Å². The van der Waals surface area contributed by atoms with Gasteiger partial charge in [0.2, 0.25) is 0 Å². The Hall–Kier alpha value is -0.970. The fourth-order valence-electron chi connectivity index (χ4n) is 3.78. The second kappa shape index (κ2) is 6.65. The van der Waals surface area contributed by atoms with Crippen molar-refractivity contribution >= 4 is 0 Å². The second-order valence-electron chi connectivity index (χ2n) is 7.04. The van der Waals surface area contributed by atoms with E-state index in [0.717, 1.165) is 45.1 Å². The van der Waals surface area contributed by atoms with Gasteiger partial charge in [0.15, 0.2) is 0 Å². The molecule has 0 bridgehead atoms. The Morgan fingerprint density at radius 1 is 1.09 bits per heavy atom. The highest BCUT2D eigenvalue weighted by atomic mass is 16.5. The van der Waals surface area contributed by atoms with Crippen molar-refractivity contribution in [2.75, 3.05) is 19.8 Å². The van der Waals surface area contributed by atoms with E-state index in [1.165, 1.54) is 24.8 Å². The van der Waals surface area contributed by atoms with Gasteiger partial charge in [0.05, 0.1) is 18.8 Å². The average Bonchev–Trinajstić information content (AvgIpc) is 3.29. The van der Waals surface area contributed by atoms with E-state index in [-0.39, 0.29) is 0 Å². The van der Waals surface area contributed by atoms with Crippen LogP contribution in [0.1, 0.15) is 37.7 Å². The third-order valence-electron chi connectivity index (χ3n) is 5.24. The molecule has 2 aliphatic heterocycles. The zero-order chi connectivity index (χ0) is 14.8. The van der Waals surface area contributed by atoms with Crippen molar-refractivity contribution in [2.24, 2.45) is 5.92 Å². The van der Waals surface area contributed by atoms with Crippen LogP contribution in [0.25, 0.3) is 0 Å². The summed E-state index contributed by atoms with van der Waals surface area (Å²) in [7, 11) is 0. The first-order valence-electron chi connectivity index (χ1n) is 8.74. The SMILES string of the molecule is c1cc(CN2CC[C@@H]3O[C@H](COCC4CC4)CC[C@@H]32)ccn1. The van der Waals surface area contributed by atoms with Gasteiger partial charge in [0.1, 0.15) is 0 Å². The molecule has 0 N–H and O–H groups in total. The molecule has 1 aliphatic carbocycles. The van der Waals surface area contributed by atoms with Crippen molar-refractivity contribution in [2.45, 2.75) is 56.9 Å². The molecule has 0 amide bonds. The minimum atomic E-state index is 0.320. The van der Waals surface area contributed by atoms with Crippen molar-refractivity contribution < 1.29 is 9.47 Å². The van der Waals surface area contributed by atoms with Gasteiger partial charge in [-0.15, -0.1) is 0 Å². The van der Waals surface area contributed by atoms with Crippen LogP contribution >= 0.6 is 0 Å². The smallest absolute Gasteiger partial charge is 0.0813 e. The van der Waals surface area contributed by atoms with Crippen LogP contribution in [0.5, 0.6) is 0 Å². The van der Waals surface area contributed by atoms with E-state index >= 15 is 0 Å². The number of likely N-dealkylation sites (tertiary alicyclic amines) is 1. The van der Waals surface area contributed by atoms with E-state index in [9.17, 15) is 0 Å². The molecule has 1 aromatic heterocycles. The molecular formula is C18H26N2O2. The van der Waals surface area contributed by atoms with E-state index in [0.29, 0.717) is 18.2 Å². The molecule has 0 aromatic carbocycles. The first-order chi connectivity index (χ1) is 10.9. The number of nitrogens with zero attached hydrogens (tertiary/aromatic N) is 2. The molecule has 0 unspecified atom stereocenters. The van der Waals surface area contributed by atoms with E-state index in [1.807, 2.05) is 12.4 Å². The van der Waals surface area contributed by atoms with Crippen molar-refractivity contribution in [1.29, 1.82) is 0 Å². The van der Waals surface area contributed by atoms with Gasteiger partial charge in [-0.05, 0) is 55.7 Å². The van der Waals surface area contributed by atoms with Crippen LogP contribution in [0.4, 0.5) is 0 Å². The Kier molecular flexibility index (Phi) is 4.42. The van der Waals surface area contributed by atoms with E-state index in [2.05, 4.69) is 22.0 Å². The van der Waals surface area contributed by atoms with Gasteiger partial charge in [-0.1, -0.05) is 0 Å². The maximum atomic E-state index is 6.30. The Morgan fingerprint density at radius 2 is 1.95 bits per heavy atom. The first-order valence-corrected chi connectivity index (χ1v) is 8.74. The highest BCUT2D eigenvalue weighted by Crippen LogP contribution is 2.33. The number of aromatic nitrogens is 1. The van der Waals surface area contributed by atoms with Gasteiger partial charge >= 0.3 is 0 Å². The van der Waals surface area contributed by atoms with E-state index in [4.69, 9.17) is 9.47 Å². The monoisotopic (exact) mass is 302 g/mol. The van der Waals surface area contributed by atoms with Crippen molar-refractivity contribution in [3.63, 3.8) is 0 Å². The number of rotatable bonds is 6. The molecule has 2 saturated heterocycles. The minimum Gasteiger partial charge on any atom is -0.378 e. The Balaban J connectivity index is 1.26. The molecule has 3 heterocycles. The predicted molar refractivity (Wildman–Crippen MR) is 84.5 cm³/mol. The summed E-state index contributed by atoms with van der Waals surface area (Å²) in [6.07, 6.45) is 10.8. The first kappa shape index (κ1) is 14.6. The molecule has 1 saturated carbocycles. The lowest BCUT2D eigenvalue weighted by Gasteiger charge is -2.36. The predicted octanol–water partition coefficient (Wildman–Crippen LogP) is 2.63. The van der Waals surface area contributed by atoms with Crippen molar-refractivity contribution in [3.05, 3.63) is 30.1 Å². The molecule has 3 fully saturated rings. The summed E-state index contributed by atoms with van der Waals surface area (Å²) in [5, 5.41) is 0. The molecule has 0 spiro atoms. The summed E-state index contributed by atoms with van der Waals surface area (Å²) >= 11 is 0. The van der Waals surface area contributed by atoms with Crippen LogP contribution in [0.3, 0.4) is 0 Å². The van der Waals surface area contributed by atoms with Crippen LogP contribution < -0.4 is 0 Å². The zero-order valence-electron chi connectivity index (χ0n) is 13.2. The van der Waals surface area contributed by atoms with Gasteiger partial charge < -0.3 is 9.47 Å². The zero-order valence-corrected chi connectivity index (χ0v) is 13.2. The van der Waals surface area contributed by atoms with Crippen LogP contribution in [0, 0.1) is 5.92 Å². The summed E-state index contributed by atoms with van der Waals surface area (Å²) in [5.41, 5.74) is 1.35. The maximum Gasteiger partial charge on any atom is 0.0813 e. The lowest BCUT2D eigenvalue weighted by atomic mass is 9.99. The molecule has 4 nitrogen and oxygen atoms in total. The summed E-state index contributed by atoms with van der Waals surface area (Å²) in [5.74, 6) is 0.846.